The summed E-state index contributed by atoms with van der Waals surface area (Å²) >= 11 is 9.86. The lowest BCUT2D eigenvalue weighted by molar-refractivity contribution is -0.539. The topological polar surface area (TPSA) is 30.3 Å². The van der Waals surface area contributed by atoms with Gasteiger partial charge in [-0.3, -0.25) is 9.48 Å². The van der Waals surface area contributed by atoms with Gasteiger partial charge in [-0.05, 0) is 42.0 Å². The number of piperazine rings is 1. The Morgan fingerprint density at radius 2 is 1.68 bits per heavy atom. The summed E-state index contributed by atoms with van der Waals surface area (Å²) in [4.78, 5) is 2.52. The number of amidine groups is 1. The maximum absolute atomic E-state index is 6.28. The summed E-state index contributed by atoms with van der Waals surface area (Å²) in [5.74, 6) is 1.14. The summed E-state index contributed by atoms with van der Waals surface area (Å²) in [5, 5.41) is 7.96. The number of halogens is 3. The molecule has 5 rings (SSSR count). The maximum atomic E-state index is 6.28. The molecule has 3 aromatic rings. The third-order valence-electron chi connectivity index (χ3n) is 5.67. The fourth-order valence-electron chi connectivity index (χ4n) is 4.14. The number of nitrogens with one attached hydrogen (secondary N) is 2. The molecule has 7 heteroatoms. The quantitative estimate of drug-likeness (QED) is 0.512. The lowest BCUT2D eigenvalue weighted by Gasteiger charge is -2.28. The molecule has 1 saturated heterocycles. The van der Waals surface area contributed by atoms with Crippen molar-refractivity contribution in [3.63, 3.8) is 0 Å². The Morgan fingerprint density at radius 3 is 2.48 bits per heavy atom. The second kappa shape index (κ2) is 9.61. The molecule has 0 amide bonds. The van der Waals surface area contributed by atoms with Crippen LogP contribution in [0.25, 0.3) is 0 Å². The SMILES string of the molecule is Clc1ccc2c(c1)NC(=[N+]1CCN(Cc3cccc(Br)c3)CC1)c1ccccc1N2.[Cl-]. The van der Waals surface area contributed by atoms with E-state index in [0.717, 1.165) is 65.1 Å². The highest BCUT2D eigenvalue weighted by molar-refractivity contribution is 9.10. The summed E-state index contributed by atoms with van der Waals surface area (Å²) in [6, 6.07) is 23.0. The van der Waals surface area contributed by atoms with Crippen LogP contribution < -0.4 is 23.0 Å². The van der Waals surface area contributed by atoms with Crippen LogP contribution in [0.3, 0.4) is 0 Å². The number of anilines is 3. The molecule has 0 radical (unpaired) electrons. The Bertz CT molecular complexity index is 1120. The van der Waals surface area contributed by atoms with Crippen LogP contribution in [0.1, 0.15) is 11.1 Å². The van der Waals surface area contributed by atoms with Crippen molar-refractivity contribution < 1.29 is 17.0 Å². The van der Waals surface area contributed by atoms with Crippen molar-refractivity contribution in [3.8, 4) is 0 Å². The van der Waals surface area contributed by atoms with Gasteiger partial charge in [0.2, 0.25) is 0 Å². The molecule has 31 heavy (non-hydrogen) atoms. The minimum absolute atomic E-state index is 0. The maximum Gasteiger partial charge on any atom is 0.284 e. The molecule has 1 fully saturated rings. The third-order valence-corrected chi connectivity index (χ3v) is 6.40. The zero-order valence-electron chi connectivity index (χ0n) is 16.9. The number of hydrogen-bond acceptors (Lipinski definition) is 2. The van der Waals surface area contributed by atoms with Crippen LogP contribution >= 0.6 is 27.5 Å². The van der Waals surface area contributed by atoms with Crippen LogP contribution in [0.5, 0.6) is 0 Å². The van der Waals surface area contributed by atoms with E-state index in [9.17, 15) is 0 Å². The van der Waals surface area contributed by atoms with Crippen LogP contribution in [0.15, 0.2) is 71.2 Å². The molecule has 0 bridgehead atoms. The monoisotopic (exact) mass is 516 g/mol. The van der Waals surface area contributed by atoms with E-state index in [1.807, 2.05) is 18.2 Å². The summed E-state index contributed by atoms with van der Waals surface area (Å²) in [7, 11) is 0. The molecule has 2 heterocycles. The van der Waals surface area contributed by atoms with Gasteiger partial charge in [0.05, 0.1) is 30.0 Å². The van der Waals surface area contributed by atoms with Crippen LogP contribution in [0.2, 0.25) is 5.02 Å². The first-order valence-corrected chi connectivity index (χ1v) is 11.3. The average molecular weight is 518 g/mol. The minimum atomic E-state index is 0. The zero-order valence-corrected chi connectivity index (χ0v) is 20.0. The van der Waals surface area contributed by atoms with Crippen molar-refractivity contribution in [3.05, 3.63) is 87.4 Å². The standard InChI is InChI=1S/C24H22BrClN4.ClH/c25-18-5-3-4-17(14-18)16-29-10-12-30(13-11-29)24-20-6-1-2-7-21(20)27-22-9-8-19(26)15-23(22)28-24;/h1-9,14-15H,10-13,16H2,(H,27,28);1H. The van der Waals surface area contributed by atoms with Crippen LogP contribution in [0.4, 0.5) is 17.1 Å². The predicted molar refractivity (Wildman–Crippen MR) is 128 cm³/mol. The minimum Gasteiger partial charge on any atom is -1.00 e. The van der Waals surface area contributed by atoms with E-state index in [0.29, 0.717) is 0 Å². The van der Waals surface area contributed by atoms with Crippen molar-refractivity contribution in [2.45, 2.75) is 6.54 Å². The van der Waals surface area contributed by atoms with Crippen LogP contribution in [-0.2, 0) is 6.54 Å². The van der Waals surface area contributed by atoms with Gasteiger partial charge in [-0.25, -0.2) is 5.32 Å². The number of fused-ring (bicyclic) bond motifs is 2. The molecule has 0 aromatic heterocycles. The van der Waals surface area contributed by atoms with Crippen LogP contribution in [-0.4, -0.2) is 41.5 Å². The van der Waals surface area contributed by atoms with Crippen molar-refractivity contribution >= 4 is 50.4 Å². The fourth-order valence-corrected chi connectivity index (χ4v) is 4.76. The molecule has 2 aliphatic rings. The first kappa shape index (κ1) is 22.2. The van der Waals surface area contributed by atoms with Crippen molar-refractivity contribution in [1.29, 1.82) is 0 Å². The van der Waals surface area contributed by atoms with Crippen LogP contribution in [0, 0.1) is 0 Å². The van der Waals surface area contributed by atoms with E-state index in [-0.39, 0.29) is 12.4 Å². The number of benzene rings is 3. The molecule has 0 aliphatic carbocycles. The summed E-state index contributed by atoms with van der Waals surface area (Å²) in [6.45, 7) is 4.97. The lowest BCUT2D eigenvalue weighted by atomic mass is 10.1. The van der Waals surface area contributed by atoms with Gasteiger partial charge in [-0.2, -0.15) is 0 Å². The first-order valence-electron chi connectivity index (χ1n) is 10.2. The summed E-state index contributed by atoms with van der Waals surface area (Å²) in [5.41, 5.74) is 5.68. The van der Waals surface area contributed by atoms with E-state index >= 15 is 0 Å². The molecule has 0 unspecified atom stereocenters. The zero-order chi connectivity index (χ0) is 20.5. The highest BCUT2D eigenvalue weighted by atomic mass is 79.9. The van der Waals surface area contributed by atoms with Gasteiger partial charge in [0, 0.05) is 35.2 Å². The number of nitrogens with zero attached hydrogens (tertiary/aromatic N) is 2. The van der Waals surface area contributed by atoms with Gasteiger partial charge in [0.25, 0.3) is 5.84 Å². The molecule has 2 aliphatic heterocycles. The number of hydrogen-bond donors (Lipinski definition) is 2. The van der Waals surface area contributed by atoms with E-state index in [4.69, 9.17) is 11.6 Å². The van der Waals surface area contributed by atoms with E-state index in [1.54, 1.807) is 0 Å². The molecular formula is C24H23BrCl2N4. The van der Waals surface area contributed by atoms with E-state index in [2.05, 4.69) is 84.6 Å². The van der Waals surface area contributed by atoms with E-state index < -0.39 is 0 Å². The van der Waals surface area contributed by atoms with E-state index in [1.165, 1.54) is 11.1 Å². The second-order valence-electron chi connectivity index (χ2n) is 7.73. The molecule has 0 saturated carbocycles. The Labute approximate surface area is 202 Å². The molecule has 3 aromatic carbocycles. The molecule has 2 N–H and O–H groups in total. The molecular weight excluding hydrogens is 495 g/mol. The van der Waals surface area contributed by atoms with Gasteiger partial charge in [-0.1, -0.05) is 51.8 Å². The highest BCUT2D eigenvalue weighted by Crippen LogP contribution is 2.34. The highest BCUT2D eigenvalue weighted by Gasteiger charge is 2.28. The van der Waals surface area contributed by atoms with Gasteiger partial charge >= 0.3 is 0 Å². The molecule has 0 atom stereocenters. The number of rotatable bonds is 2. The van der Waals surface area contributed by atoms with Crippen molar-refractivity contribution in [2.24, 2.45) is 0 Å². The largest absolute Gasteiger partial charge is 1.00 e. The number of para-hydroxylation sites is 1. The fraction of sp³-hybridized carbons (Fsp3) is 0.208. The van der Waals surface area contributed by atoms with Crippen molar-refractivity contribution in [1.82, 2.24) is 4.90 Å². The average Bonchev–Trinajstić information content (AvgIpc) is 2.91. The Kier molecular flexibility index (Phi) is 6.87. The summed E-state index contributed by atoms with van der Waals surface area (Å²) in [6.07, 6.45) is 0. The van der Waals surface area contributed by atoms with Gasteiger partial charge in [0.1, 0.15) is 5.69 Å². The third kappa shape index (κ3) is 4.90. The molecule has 0 spiro atoms. The normalized spacial score (nSPS) is 15.7. The smallest absolute Gasteiger partial charge is 0.284 e. The lowest BCUT2D eigenvalue weighted by Crippen LogP contribution is -3.00. The second-order valence-corrected chi connectivity index (χ2v) is 9.08. The molecule has 160 valence electrons. The van der Waals surface area contributed by atoms with Gasteiger partial charge in [-0.15, -0.1) is 0 Å². The predicted octanol–water partition coefficient (Wildman–Crippen LogP) is 2.55. The van der Waals surface area contributed by atoms with Gasteiger partial charge in [0.15, 0.2) is 0 Å². The van der Waals surface area contributed by atoms with Crippen molar-refractivity contribution in [2.75, 3.05) is 36.8 Å². The first-order chi connectivity index (χ1) is 14.7. The summed E-state index contributed by atoms with van der Waals surface area (Å²) < 4.78 is 3.59. The molecule has 4 nitrogen and oxygen atoms in total. The Morgan fingerprint density at radius 1 is 0.871 bits per heavy atom. The Balaban J connectivity index is 0.00000231. The van der Waals surface area contributed by atoms with Gasteiger partial charge < -0.3 is 17.7 Å². The Hall–Kier alpha value is -2.05.